The monoisotopic (exact) mass is 285 g/mol. The van der Waals surface area contributed by atoms with Gasteiger partial charge in [-0.1, -0.05) is 0 Å². The van der Waals surface area contributed by atoms with Gasteiger partial charge < -0.3 is 11.1 Å². The number of carbonyl (C=O) groups excluding carboxylic acids is 1. The zero-order valence-electron chi connectivity index (χ0n) is 10.9. The van der Waals surface area contributed by atoms with Gasteiger partial charge in [0.05, 0.1) is 11.9 Å². The lowest BCUT2D eigenvalue weighted by molar-refractivity contribution is 0.0920. The first-order valence-corrected chi connectivity index (χ1v) is 8.14. The van der Waals surface area contributed by atoms with Crippen molar-refractivity contribution in [2.24, 2.45) is 0 Å². The molecular formula is C11H19N5O2S. The Morgan fingerprint density at radius 2 is 2.26 bits per heavy atom. The first-order chi connectivity index (χ1) is 8.88. The molecule has 0 spiro atoms. The summed E-state index contributed by atoms with van der Waals surface area (Å²) in [5, 5.41) is 9.19. The van der Waals surface area contributed by atoms with Crippen LogP contribution < -0.4 is 11.1 Å². The maximum Gasteiger partial charge on any atom is 0.271 e. The predicted octanol–water partition coefficient (Wildman–Crippen LogP) is -0.553. The van der Waals surface area contributed by atoms with E-state index in [4.69, 9.17) is 5.73 Å². The molecule has 1 aromatic heterocycles. The molecule has 1 amide bonds. The molecular weight excluding hydrogens is 266 g/mol. The third kappa shape index (κ3) is 3.27. The number of nitrogens with one attached hydrogen (secondary N) is 2. The van der Waals surface area contributed by atoms with E-state index in [0.717, 1.165) is 12.8 Å². The highest BCUT2D eigenvalue weighted by molar-refractivity contribution is 7.97. The molecule has 2 rings (SSSR count). The fourth-order valence-electron chi connectivity index (χ4n) is 2.12. The van der Waals surface area contributed by atoms with Gasteiger partial charge in [-0.3, -0.25) is 14.1 Å². The largest absolute Gasteiger partial charge is 0.396 e. The van der Waals surface area contributed by atoms with Crippen LogP contribution in [0.1, 0.15) is 23.3 Å². The van der Waals surface area contributed by atoms with Crippen molar-refractivity contribution in [3.05, 3.63) is 11.9 Å². The van der Waals surface area contributed by atoms with E-state index in [-0.39, 0.29) is 11.9 Å². The van der Waals surface area contributed by atoms with Crippen LogP contribution >= 0.6 is 0 Å². The highest BCUT2D eigenvalue weighted by Gasteiger charge is 2.24. The van der Waals surface area contributed by atoms with Gasteiger partial charge in [-0.15, -0.1) is 0 Å². The molecule has 1 fully saturated rings. The summed E-state index contributed by atoms with van der Waals surface area (Å²) in [7, 11) is -2.14. The molecule has 0 aromatic carbocycles. The second-order valence-electron chi connectivity index (χ2n) is 4.84. The van der Waals surface area contributed by atoms with E-state index in [1.54, 1.807) is 6.26 Å². The molecule has 2 heterocycles. The lowest BCUT2D eigenvalue weighted by Gasteiger charge is -2.32. The van der Waals surface area contributed by atoms with Crippen LogP contribution in [-0.2, 0) is 9.71 Å². The minimum Gasteiger partial charge on any atom is -0.396 e. The van der Waals surface area contributed by atoms with Crippen molar-refractivity contribution >= 4 is 27.2 Å². The Balaban J connectivity index is 1.90. The Bertz CT molecular complexity index is 557. The highest BCUT2D eigenvalue weighted by Crippen LogP contribution is 2.14. The Hall–Kier alpha value is -1.54. The summed E-state index contributed by atoms with van der Waals surface area (Å²) in [6, 6.07) is 0.0631. The third-order valence-electron chi connectivity index (χ3n) is 3.23. The number of hydrogen-bond donors (Lipinski definition) is 3. The molecule has 1 aliphatic heterocycles. The summed E-state index contributed by atoms with van der Waals surface area (Å²) in [5.74, 6) is 3.42. The van der Waals surface area contributed by atoms with Crippen LogP contribution in [0, 0.1) is 0 Å². The van der Waals surface area contributed by atoms with Gasteiger partial charge in [0.2, 0.25) is 0 Å². The first-order valence-electron chi connectivity index (χ1n) is 6.05. The van der Waals surface area contributed by atoms with Gasteiger partial charge in [0.1, 0.15) is 5.69 Å². The average molecular weight is 285 g/mol. The fraction of sp³-hybridized carbons (Fsp3) is 0.545. The topological polar surface area (TPSA) is 104 Å². The summed E-state index contributed by atoms with van der Waals surface area (Å²) in [6.45, 7) is 1.34. The number of nitrogens with zero attached hydrogens (tertiary/aromatic N) is 2. The second-order valence-corrected chi connectivity index (χ2v) is 7.27. The number of carbonyl (C=O) groups is 1. The molecule has 1 aromatic rings. The van der Waals surface area contributed by atoms with Crippen molar-refractivity contribution in [2.45, 2.75) is 18.9 Å². The second kappa shape index (κ2) is 5.22. The molecule has 0 bridgehead atoms. The van der Waals surface area contributed by atoms with E-state index in [0.29, 0.717) is 24.5 Å². The summed E-state index contributed by atoms with van der Waals surface area (Å²) >= 11 is 0. The minimum absolute atomic E-state index is 0.0631. The van der Waals surface area contributed by atoms with Gasteiger partial charge in [0.25, 0.3) is 5.91 Å². The first kappa shape index (κ1) is 13.9. The van der Waals surface area contributed by atoms with Crippen molar-refractivity contribution in [1.82, 2.24) is 19.8 Å². The molecule has 8 heteroatoms. The third-order valence-corrected chi connectivity index (χ3v) is 4.69. The lowest BCUT2D eigenvalue weighted by atomic mass is 10.1. The van der Waals surface area contributed by atoms with Gasteiger partial charge in [0, 0.05) is 35.1 Å². The SMILES string of the molecule is C=S(C)(=O)N1CCC(NC(=O)c2[nH]ncc2N)CC1. The zero-order chi connectivity index (χ0) is 14.0. The van der Waals surface area contributed by atoms with E-state index < -0.39 is 9.71 Å². The maximum atomic E-state index is 11.9. The van der Waals surface area contributed by atoms with Gasteiger partial charge in [-0.2, -0.15) is 5.10 Å². The summed E-state index contributed by atoms with van der Waals surface area (Å²) in [4.78, 5) is 11.9. The molecule has 1 saturated heterocycles. The van der Waals surface area contributed by atoms with Crippen LogP contribution in [0.2, 0.25) is 0 Å². The molecule has 19 heavy (non-hydrogen) atoms. The van der Waals surface area contributed by atoms with Crippen molar-refractivity contribution in [3.63, 3.8) is 0 Å². The van der Waals surface area contributed by atoms with Gasteiger partial charge in [-0.25, -0.2) is 4.31 Å². The van der Waals surface area contributed by atoms with Gasteiger partial charge in [0.15, 0.2) is 0 Å². The number of aromatic nitrogens is 2. The number of nitrogen functional groups attached to an aromatic ring is 1. The lowest BCUT2D eigenvalue weighted by Crippen LogP contribution is -2.46. The quantitative estimate of drug-likeness (QED) is 0.648. The molecule has 1 atom stereocenters. The summed E-state index contributed by atoms with van der Waals surface area (Å²) < 4.78 is 13.7. The van der Waals surface area contributed by atoms with E-state index in [1.165, 1.54) is 6.20 Å². The van der Waals surface area contributed by atoms with Gasteiger partial charge >= 0.3 is 0 Å². The molecule has 7 nitrogen and oxygen atoms in total. The molecule has 1 aliphatic rings. The number of amides is 1. The van der Waals surface area contributed by atoms with Crippen molar-refractivity contribution in [2.75, 3.05) is 25.1 Å². The number of aromatic amines is 1. The average Bonchev–Trinajstić information content (AvgIpc) is 2.75. The van der Waals surface area contributed by atoms with Crippen molar-refractivity contribution in [3.8, 4) is 0 Å². The molecule has 0 aliphatic carbocycles. The highest BCUT2D eigenvalue weighted by atomic mass is 32.2. The Morgan fingerprint density at radius 3 is 2.74 bits per heavy atom. The van der Waals surface area contributed by atoms with Crippen molar-refractivity contribution in [1.29, 1.82) is 0 Å². The Morgan fingerprint density at radius 1 is 1.63 bits per heavy atom. The van der Waals surface area contributed by atoms with Crippen LogP contribution in [0.5, 0.6) is 0 Å². The summed E-state index contributed by atoms with van der Waals surface area (Å²) in [5.41, 5.74) is 6.24. The minimum atomic E-state index is -2.14. The van der Waals surface area contributed by atoms with E-state index in [1.807, 2.05) is 4.31 Å². The maximum absolute atomic E-state index is 11.9. The number of hydrogen-bond acceptors (Lipinski definition) is 4. The predicted molar refractivity (Wildman–Crippen MR) is 76.2 cm³/mol. The standard InChI is InChI=1S/C11H19N5O2S/c1-19(2,18)16-5-3-8(4-6-16)14-11(17)10-9(12)7-13-15-10/h7-8H,1,3-6,12H2,2H3,(H,13,15)(H,14,17). The number of nitrogens with two attached hydrogens (primary N) is 1. The molecule has 1 unspecified atom stereocenters. The Kier molecular flexibility index (Phi) is 3.81. The van der Waals surface area contributed by atoms with Crippen LogP contribution in [0.15, 0.2) is 6.20 Å². The number of H-pyrrole nitrogens is 1. The van der Waals surface area contributed by atoms with Gasteiger partial charge in [-0.05, 0) is 18.7 Å². The molecule has 106 valence electrons. The molecule has 0 saturated carbocycles. The molecule has 0 radical (unpaired) electrons. The van der Waals surface area contributed by atoms with E-state index in [2.05, 4.69) is 21.4 Å². The van der Waals surface area contributed by atoms with E-state index in [9.17, 15) is 9.00 Å². The van der Waals surface area contributed by atoms with E-state index >= 15 is 0 Å². The molecule has 4 N–H and O–H groups in total. The Labute approximate surface area is 112 Å². The van der Waals surface area contributed by atoms with Crippen LogP contribution in [-0.4, -0.2) is 55.9 Å². The smallest absolute Gasteiger partial charge is 0.271 e. The number of rotatable bonds is 3. The normalized spacial score (nSPS) is 20.9. The zero-order valence-corrected chi connectivity index (χ0v) is 11.7. The number of anilines is 1. The fourth-order valence-corrected chi connectivity index (χ4v) is 3.10. The van der Waals surface area contributed by atoms with Crippen LogP contribution in [0.25, 0.3) is 0 Å². The van der Waals surface area contributed by atoms with Crippen molar-refractivity contribution < 1.29 is 9.00 Å². The van der Waals surface area contributed by atoms with Crippen LogP contribution in [0.4, 0.5) is 5.69 Å². The summed E-state index contributed by atoms with van der Waals surface area (Å²) in [6.07, 6.45) is 4.55. The number of piperidine rings is 1. The van der Waals surface area contributed by atoms with Crippen LogP contribution in [0.3, 0.4) is 0 Å².